The quantitative estimate of drug-likeness (QED) is 0.707. The van der Waals surface area contributed by atoms with Gasteiger partial charge >= 0.3 is 6.03 Å². The van der Waals surface area contributed by atoms with E-state index in [1.807, 2.05) is 32.9 Å². The van der Waals surface area contributed by atoms with Crippen LogP contribution in [0, 0.1) is 5.92 Å². The van der Waals surface area contributed by atoms with Crippen LogP contribution < -0.4 is 15.4 Å². The van der Waals surface area contributed by atoms with Crippen molar-refractivity contribution in [1.82, 2.24) is 20.4 Å². The number of hydrogen-bond acceptors (Lipinski definition) is 5. The van der Waals surface area contributed by atoms with Crippen molar-refractivity contribution in [2.24, 2.45) is 5.92 Å². The third kappa shape index (κ3) is 7.13. The first kappa shape index (κ1) is 22.2. The molecule has 1 aliphatic heterocycles. The van der Waals surface area contributed by atoms with Gasteiger partial charge in [-0.15, -0.1) is 0 Å². The van der Waals surface area contributed by atoms with Gasteiger partial charge in [-0.1, -0.05) is 26.0 Å². The molecule has 2 rings (SSSR count). The SMILES string of the molecule is COc1ccc(CCN2CCN(C(C)C(=O)NC(=O)NCC(C)C)CC2)cc1. The summed E-state index contributed by atoms with van der Waals surface area (Å²) in [5, 5.41) is 5.16. The molecule has 1 aromatic carbocycles. The molecule has 1 aliphatic rings. The van der Waals surface area contributed by atoms with Gasteiger partial charge in [-0.05, 0) is 37.0 Å². The Hall–Kier alpha value is -2.12. The zero-order valence-corrected chi connectivity index (χ0v) is 17.5. The van der Waals surface area contributed by atoms with Gasteiger partial charge in [-0.2, -0.15) is 0 Å². The number of methoxy groups -OCH3 is 1. The number of nitrogens with zero attached hydrogens (tertiary/aromatic N) is 2. The Balaban J connectivity index is 1.70. The van der Waals surface area contributed by atoms with Gasteiger partial charge in [0.2, 0.25) is 5.91 Å². The molecular weight excluding hydrogens is 356 g/mol. The number of nitrogens with one attached hydrogen (secondary N) is 2. The molecule has 0 aromatic heterocycles. The minimum atomic E-state index is -0.413. The molecule has 2 N–H and O–H groups in total. The summed E-state index contributed by atoms with van der Waals surface area (Å²) in [5.74, 6) is 0.986. The molecule has 7 heteroatoms. The van der Waals surface area contributed by atoms with Crippen molar-refractivity contribution in [3.8, 4) is 5.75 Å². The van der Waals surface area contributed by atoms with Crippen LogP contribution in [-0.4, -0.2) is 74.2 Å². The Labute approximate surface area is 168 Å². The Morgan fingerprint density at radius 3 is 2.29 bits per heavy atom. The fourth-order valence-electron chi connectivity index (χ4n) is 3.18. The molecule has 1 unspecified atom stereocenters. The third-order valence-corrected chi connectivity index (χ3v) is 5.12. The minimum Gasteiger partial charge on any atom is -0.497 e. The van der Waals surface area contributed by atoms with Crippen molar-refractivity contribution < 1.29 is 14.3 Å². The van der Waals surface area contributed by atoms with E-state index in [2.05, 4.69) is 32.6 Å². The van der Waals surface area contributed by atoms with E-state index in [-0.39, 0.29) is 11.9 Å². The molecule has 1 aromatic rings. The summed E-state index contributed by atoms with van der Waals surface area (Å²) in [7, 11) is 1.67. The topological polar surface area (TPSA) is 73.9 Å². The van der Waals surface area contributed by atoms with E-state index in [1.54, 1.807) is 7.11 Å². The highest BCUT2D eigenvalue weighted by molar-refractivity contribution is 5.96. The predicted octanol–water partition coefficient (Wildman–Crippen LogP) is 1.73. The van der Waals surface area contributed by atoms with Gasteiger partial charge in [0.25, 0.3) is 0 Å². The highest BCUT2D eigenvalue weighted by Gasteiger charge is 2.26. The van der Waals surface area contributed by atoms with Gasteiger partial charge in [-0.3, -0.25) is 15.0 Å². The number of benzene rings is 1. The molecule has 7 nitrogen and oxygen atoms in total. The molecule has 1 heterocycles. The van der Waals surface area contributed by atoms with Gasteiger partial charge < -0.3 is 15.0 Å². The fourth-order valence-corrected chi connectivity index (χ4v) is 3.18. The highest BCUT2D eigenvalue weighted by atomic mass is 16.5. The number of carbonyl (C=O) groups excluding carboxylic acids is 2. The van der Waals surface area contributed by atoms with E-state index in [0.717, 1.165) is 44.9 Å². The molecule has 28 heavy (non-hydrogen) atoms. The zero-order chi connectivity index (χ0) is 20.5. The Kier molecular flexibility index (Phi) is 8.73. The standard InChI is InChI=1S/C21H34N4O3/c1-16(2)15-22-21(27)23-20(26)17(3)25-13-11-24(12-14-25)10-9-18-5-7-19(28-4)8-6-18/h5-8,16-17H,9-15H2,1-4H3,(H2,22,23,26,27). The van der Waals surface area contributed by atoms with Crippen molar-refractivity contribution in [3.05, 3.63) is 29.8 Å². The van der Waals surface area contributed by atoms with Gasteiger partial charge in [0.1, 0.15) is 5.75 Å². The van der Waals surface area contributed by atoms with E-state index in [9.17, 15) is 9.59 Å². The maximum atomic E-state index is 12.3. The molecule has 1 fully saturated rings. The van der Waals surface area contributed by atoms with Crippen LogP contribution in [0.4, 0.5) is 4.79 Å². The largest absolute Gasteiger partial charge is 0.497 e. The second-order valence-electron chi connectivity index (χ2n) is 7.74. The second kappa shape index (κ2) is 11.0. The van der Waals surface area contributed by atoms with E-state index >= 15 is 0 Å². The highest BCUT2D eigenvalue weighted by Crippen LogP contribution is 2.13. The van der Waals surface area contributed by atoms with Gasteiger partial charge in [-0.25, -0.2) is 4.79 Å². The summed E-state index contributed by atoms with van der Waals surface area (Å²) < 4.78 is 5.19. The number of piperazine rings is 1. The van der Waals surface area contributed by atoms with E-state index < -0.39 is 6.03 Å². The normalized spacial score (nSPS) is 16.6. The number of hydrogen-bond donors (Lipinski definition) is 2. The fraction of sp³-hybridized carbons (Fsp3) is 0.619. The third-order valence-electron chi connectivity index (χ3n) is 5.12. The lowest BCUT2D eigenvalue weighted by Crippen LogP contribution is -2.55. The smallest absolute Gasteiger partial charge is 0.321 e. The summed E-state index contributed by atoms with van der Waals surface area (Å²) in [4.78, 5) is 28.6. The van der Waals surface area contributed by atoms with Crippen LogP contribution in [0.1, 0.15) is 26.3 Å². The van der Waals surface area contributed by atoms with E-state index in [0.29, 0.717) is 12.5 Å². The monoisotopic (exact) mass is 390 g/mol. The molecule has 0 radical (unpaired) electrons. The molecule has 1 atom stereocenters. The first-order valence-corrected chi connectivity index (χ1v) is 10.1. The Bertz CT molecular complexity index is 625. The summed E-state index contributed by atoms with van der Waals surface area (Å²) in [6, 6.07) is 7.46. The number of rotatable bonds is 8. The second-order valence-corrected chi connectivity index (χ2v) is 7.74. The van der Waals surface area contributed by atoms with Crippen LogP contribution >= 0.6 is 0 Å². The lowest BCUT2D eigenvalue weighted by molar-refractivity contribution is -0.125. The maximum Gasteiger partial charge on any atom is 0.321 e. The molecule has 0 aliphatic carbocycles. The predicted molar refractivity (Wildman–Crippen MR) is 111 cm³/mol. The van der Waals surface area contributed by atoms with E-state index in [1.165, 1.54) is 5.56 Å². The summed E-state index contributed by atoms with van der Waals surface area (Å²) in [6.07, 6.45) is 0.996. The molecule has 3 amide bonds. The average molecular weight is 391 g/mol. The minimum absolute atomic E-state index is 0.243. The summed E-state index contributed by atoms with van der Waals surface area (Å²) in [5.41, 5.74) is 1.29. The molecule has 156 valence electrons. The van der Waals surface area contributed by atoms with Gasteiger partial charge in [0.15, 0.2) is 0 Å². The molecular formula is C21H34N4O3. The van der Waals surface area contributed by atoms with Gasteiger partial charge in [0, 0.05) is 39.3 Å². The van der Waals surface area contributed by atoms with Crippen LogP contribution in [0.2, 0.25) is 0 Å². The number of urea groups is 1. The number of ether oxygens (including phenoxy) is 1. The zero-order valence-electron chi connectivity index (χ0n) is 17.5. The van der Waals surface area contributed by atoms with Crippen molar-refractivity contribution in [3.63, 3.8) is 0 Å². The first-order valence-electron chi connectivity index (χ1n) is 10.1. The van der Waals surface area contributed by atoms with E-state index in [4.69, 9.17) is 4.74 Å². The van der Waals surface area contributed by atoms with Crippen molar-refractivity contribution >= 4 is 11.9 Å². The van der Waals surface area contributed by atoms with Crippen molar-refractivity contribution in [2.45, 2.75) is 33.2 Å². The average Bonchev–Trinajstić information content (AvgIpc) is 2.71. The number of carbonyl (C=O) groups is 2. The van der Waals surface area contributed by atoms with Gasteiger partial charge in [0.05, 0.1) is 13.2 Å². The molecule has 1 saturated heterocycles. The van der Waals surface area contributed by atoms with Crippen LogP contribution in [0.5, 0.6) is 5.75 Å². The number of imide groups is 1. The summed E-state index contributed by atoms with van der Waals surface area (Å²) in [6.45, 7) is 10.9. The molecule has 0 spiro atoms. The molecule has 0 saturated carbocycles. The lowest BCUT2D eigenvalue weighted by Gasteiger charge is -2.37. The Morgan fingerprint density at radius 2 is 1.71 bits per heavy atom. The maximum absolute atomic E-state index is 12.3. The Morgan fingerprint density at radius 1 is 1.07 bits per heavy atom. The van der Waals surface area contributed by atoms with Crippen LogP contribution in [0.15, 0.2) is 24.3 Å². The lowest BCUT2D eigenvalue weighted by atomic mass is 10.1. The van der Waals surface area contributed by atoms with Crippen LogP contribution in [0.3, 0.4) is 0 Å². The number of amides is 3. The molecule has 0 bridgehead atoms. The van der Waals surface area contributed by atoms with Crippen molar-refractivity contribution in [2.75, 3.05) is 46.4 Å². The van der Waals surface area contributed by atoms with Crippen molar-refractivity contribution in [1.29, 1.82) is 0 Å². The summed E-state index contributed by atoms with van der Waals surface area (Å²) >= 11 is 0. The van der Waals surface area contributed by atoms with Crippen LogP contribution in [0.25, 0.3) is 0 Å². The first-order chi connectivity index (χ1) is 13.4. The van der Waals surface area contributed by atoms with Crippen LogP contribution in [-0.2, 0) is 11.2 Å².